The largest absolute Gasteiger partial charge is 0.385 e. The van der Waals surface area contributed by atoms with Crippen LogP contribution in [0, 0.1) is 0 Å². The minimum Gasteiger partial charge on any atom is -0.385 e. The van der Waals surface area contributed by atoms with E-state index in [9.17, 15) is 14.4 Å². The Morgan fingerprint density at radius 3 is 2.67 bits per heavy atom. The minimum absolute atomic E-state index is 0.0478. The molecule has 0 aliphatic carbocycles. The molecule has 0 saturated carbocycles. The van der Waals surface area contributed by atoms with E-state index in [4.69, 9.17) is 10.5 Å². The van der Waals surface area contributed by atoms with E-state index >= 15 is 0 Å². The molecule has 1 aromatic rings. The second-order valence-electron chi connectivity index (χ2n) is 4.27. The summed E-state index contributed by atoms with van der Waals surface area (Å²) in [7, 11) is 1.59. The first-order chi connectivity index (χ1) is 10.0. The Bertz CT molecular complexity index is 501. The number of thiophene rings is 1. The average molecular weight is 313 g/mol. The van der Waals surface area contributed by atoms with Crippen LogP contribution < -0.4 is 16.4 Å². The molecule has 0 aliphatic rings. The van der Waals surface area contributed by atoms with Gasteiger partial charge in [0.2, 0.25) is 11.8 Å². The molecule has 0 aliphatic heterocycles. The van der Waals surface area contributed by atoms with Crippen LogP contribution in [0.15, 0.2) is 11.4 Å². The van der Waals surface area contributed by atoms with Gasteiger partial charge < -0.3 is 21.1 Å². The van der Waals surface area contributed by atoms with Gasteiger partial charge in [0.05, 0.1) is 5.56 Å². The zero-order chi connectivity index (χ0) is 15.7. The van der Waals surface area contributed by atoms with Gasteiger partial charge in [-0.05, 0) is 17.9 Å². The molecule has 1 rings (SSSR count). The highest BCUT2D eigenvalue weighted by molar-refractivity contribution is 7.14. The summed E-state index contributed by atoms with van der Waals surface area (Å²) < 4.78 is 4.86. The normalized spacial score (nSPS) is 10.1. The summed E-state index contributed by atoms with van der Waals surface area (Å²) in [6.45, 7) is 1.10. The van der Waals surface area contributed by atoms with Crippen LogP contribution in [-0.2, 0) is 14.3 Å². The Labute approximate surface area is 126 Å². The fourth-order valence-electron chi connectivity index (χ4n) is 1.55. The first kappa shape index (κ1) is 17.1. The van der Waals surface area contributed by atoms with Crippen LogP contribution in [0.5, 0.6) is 0 Å². The highest BCUT2D eigenvalue weighted by atomic mass is 32.1. The van der Waals surface area contributed by atoms with Crippen molar-refractivity contribution in [2.24, 2.45) is 5.73 Å². The molecule has 0 radical (unpaired) electrons. The van der Waals surface area contributed by atoms with E-state index in [0.29, 0.717) is 18.2 Å². The van der Waals surface area contributed by atoms with Crippen LogP contribution >= 0.6 is 11.3 Å². The summed E-state index contributed by atoms with van der Waals surface area (Å²) in [5.41, 5.74) is 5.45. The van der Waals surface area contributed by atoms with E-state index in [-0.39, 0.29) is 30.2 Å². The lowest BCUT2D eigenvalue weighted by atomic mass is 10.2. The van der Waals surface area contributed by atoms with E-state index in [1.54, 1.807) is 18.6 Å². The van der Waals surface area contributed by atoms with Gasteiger partial charge in [0.25, 0.3) is 5.91 Å². The maximum atomic E-state index is 11.7. The maximum Gasteiger partial charge on any atom is 0.251 e. The minimum atomic E-state index is -0.595. The highest BCUT2D eigenvalue weighted by Crippen LogP contribution is 2.22. The van der Waals surface area contributed by atoms with Crippen molar-refractivity contribution < 1.29 is 19.1 Å². The molecule has 4 N–H and O–H groups in total. The zero-order valence-electron chi connectivity index (χ0n) is 11.8. The number of amides is 3. The molecule has 0 saturated heterocycles. The van der Waals surface area contributed by atoms with Crippen LogP contribution in [0.4, 0.5) is 5.00 Å². The number of hydrogen-bond acceptors (Lipinski definition) is 5. The Morgan fingerprint density at radius 1 is 1.29 bits per heavy atom. The third kappa shape index (κ3) is 6.37. The molecule has 0 aromatic carbocycles. The fraction of sp³-hybridized carbons (Fsp3) is 0.462. The number of hydrogen-bond donors (Lipinski definition) is 3. The van der Waals surface area contributed by atoms with Gasteiger partial charge in [0.1, 0.15) is 5.00 Å². The number of nitrogens with two attached hydrogens (primary N) is 1. The predicted molar refractivity (Wildman–Crippen MR) is 80.2 cm³/mol. The average Bonchev–Trinajstić information content (AvgIpc) is 2.89. The van der Waals surface area contributed by atoms with Gasteiger partial charge in [-0.3, -0.25) is 14.4 Å². The van der Waals surface area contributed by atoms with Crippen molar-refractivity contribution in [3.63, 3.8) is 0 Å². The number of rotatable bonds is 9. The van der Waals surface area contributed by atoms with Crippen molar-refractivity contribution >= 4 is 34.1 Å². The third-order valence-corrected chi connectivity index (χ3v) is 3.44. The van der Waals surface area contributed by atoms with Crippen molar-refractivity contribution in [1.29, 1.82) is 0 Å². The van der Waals surface area contributed by atoms with Gasteiger partial charge in [0, 0.05) is 33.1 Å². The summed E-state index contributed by atoms with van der Waals surface area (Å²) in [5, 5.41) is 7.35. The molecule has 7 nitrogen and oxygen atoms in total. The van der Waals surface area contributed by atoms with E-state index in [1.165, 1.54) is 11.3 Å². The van der Waals surface area contributed by atoms with Gasteiger partial charge in [-0.25, -0.2) is 0 Å². The number of methoxy groups -OCH3 is 1. The Hall–Kier alpha value is -1.93. The molecule has 0 bridgehead atoms. The quantitative estimate of drug-likeness (QED) is 0.583. The highest BCUT2D eigenvalue weighted by Gasteiger charge is 2.13. The third-order valence-electron chi connectivity index (χ3n) is 2.61. The van der Waals surface area contributed by atoms with Gasteiger partial charge in [0.15, 0.2) is 0 Å². The number of primary amides is 1. The Balaban J connectivity index is 2.29. The van der Waals surface area contributed by atoms with Crippen LogP contribution in [0.2, 0.25) is 0 Å². The number of ether oxygens (including phenoxy) is 1. The molecule has 1 heterocycles. The molecular weight excluding hydrogens is 294 g/mol. The lowest BCUT2D eigenvalue weighted by Gasteiger charge is -2.06. The number of nitrogens with one attached hydrogen (secondary N) is 2. The van der Waals surface area contributed by atoms with Crippen molar-refractivity contribution in [1.82, 2.24) is 5.32 Å². The predicted octanol–water partition coefficient (Wildman–Crippen LogP) is 0.718. The van der Waals surface area contributed by atoms with Crippen molar-refractivity contribution in [3.8, 4) is 0 Å². The van der Waals surface area contributed by atoms with E-state index in [1.807, 2.05) is 0 Å². The molecule has 21 heavy (non-hydrogen) atoms. The second kappa shape index (κ2) is 9.09. The summed E-state index contributed by atoms with van der Waals surface area (Å²) in [6.07, 6.45) is 0.869. The second-order valence-corrected chi connectivity index (χ2v) is 5.19. The number of anilines is 1. The molecular formula is C13H19N3O4S. The monoisotopic (exact) mass is 313 g/mol. The van der Waals surface area contributed by atoms with E-state index in [2.05, 4.69) is 10.6 Å². The lowest BCUT2D eigenvalue weighted by Crippen LogP contribution is -2.26. The fourth-order valence-corrected chi connectivity index (χ4v) is 2.36. The first-order valence-electron chi connectivity index (χ1n) is 6.47. The van der Waals surface area contributed by atoms with E-state index in [0.717, 1.165) is 6.42 Å². The smallest absolute Gasteiger partial charge is 0.251 e. The van der Waals surface area contributed by atoms with Crippen LogP contribution in [-0.4, -0.2) is 38.0 Å². The van der Waals surface area contributed by atoms with Crippen LogP contribution in [0.3, 0.4) is 0 Å². The molecule has 0 spiro atoms. The standard InChI is InChI=1S/C13H19N3O4S/c1-20-7-2-6-15-10(17)3-4-11(18)16-13-9(12(14)19)5-8-21-13/h5,8H,2-4,6-7H2,1H3,(H2,14,19)(H,15,17)(H,16,18). The van der Waals surface area contributed by atoms with Gasteiger partial charge >= 0.3 is 0 Å². The molecule has 1 aromatic heterocycles. The van der Waals surface area contributed by atoms with Crippen LogP contribution in [0.1, 0.15) is 29.6 Å². The molecule has 3 amide bonds. The van der Waals surface area contributed by atoms with Gasteiger partial charge in [-0.1, -0.05) is 0 Å². The van der Waals surface area contributed by atoms with Crippen molar-refractivity contribution in [2.45, 2.75) is 19.3 Å². The molecule has 0 unspecified atom stereocenters. The Morgan fingerprint density at radius 2 is 2.00 bits per heavy atom. The van der Waals surface area contributed by atoms with Crippen molar-refractivity contribution in [3.05, 3.63) is 17.0 Å². The Kier molecular flexibility index (Phi) is 7.41. The van der Waals surface area contributed by atoms with Crippen LogP contribution in [0.25, 0.3) is 0 Å². The first-order valence-corrected chi connectivity index (χ1v) is 7.35. The van der Waals surface area contributed by atoms with Gasteiger partial charge in [-0.15, -0.1) is 11.3 Å². The zero-order valence-corrected chi connectivity index (χ0v) is 12.6. The SMILES string of the molecule is COCCCNC(=O)CCC(=O)Nc1sccc1C(N)=O. The van der Waals surface area contributed by atoms with Gasteiger partial charge in [-0.2, -0.15) is 0 Å². The number of carbonyl (C=O) groups is 3. The molecule has 116 valence electrons. The maximum absolute atomic E-state index is 11.7. The molecule has 0 fully saturated rings. The summed E-state index contributed by atoms with van der Waals surface area (Å²) in [5.74, 6) is -1.11. The number of carbonyl (C=O) groups excluding carboxylic acids is 3. The lowest BCUT2D eigenvalue weighted by molar-refractivity contribution is -0.124. The van der Waals surface area contributed by atoms with Crippen molar-refractivity contribution in [2.75, 3.05) is 25.6 Å². The summed E-state index contributed by atoms with van der Waals surface area (Å²) in [6, 6.07) is 1.55. The topological polar surface area (TPSA) is 111 Å². The molecule has 0 atom stereocenters. The summed E-state index contributed by atoms with van der Waals surface area (Å²) >= 11 is 1.21. The van der Waals surface area contributed by atoms with E-state index < -0.39 is 5.91 Å². The molecule has 8 heteroatoms. The summed E-state index contributed by atoms with van der Waals surface area (Å²) in [4.78, 5) is 34.3.